The lowest BCUT2D eigenvalue weighted by Gasteiger charge is -2.16. The maximum atomic E-state index is 13.1. The van der Waals surface area contributed by atoms with Crippen LogP contribution in [0.5, 0.6) is 0 Å². The summed E-state index contributed by atoms with van der Waals surface area (Å²) in [7, 11) is 0. The molecule has 1 amide bonds. The molecule has 0 saturated heterocycles. The molecule has 1 heterocycles. The molecule has 0 aliphatic heterocycles. The van der Waals surface area contributed by atoms with Crippen LogP contribution in [0.2, 0.25) is 10.0 Å². The number of carbonyl (C=O) groups is 1. The van der Waals surface area contributed by atoms with Gasteiger partial charge in [0.25, 0.3) is 5.91 Å². The molecule has 0 spiro atoms. The zero-order chi connectivity index (χ0) is 22.2. The molecule has 4 aromatic rings. The molecular formula is C25H19Cl2N3O2. The summed E-state index contributed by atoms with van der Waals surface area (Å²) in [5, 5.41) is 14.7. The van der Waals surface area contributed by atoms with Gasteiger partial charge >= 0.3 is 0 Å². The second-order valence-electron chi connectivity index (χ2n) is 7.70. The highest BCUT2D eigenvalue weighted by Gasteiger charge is 2.32. The summed E-state index contributed by atoms with van der Waals surface area (Å²) in [6, 6.07) is 21.9. The minimum Gasteiger partial charge on any atom is -0.386 e. The van der Waals surface area contributed by atoms with Gasteiger partial charge in [-0.1, -0.05) is 59.6 Å². The van der Waals surface area contributed by atoms with Crippen molar-refractivity contribution in [1.29, 1.82) is 0 Å². The summed E-state index contributed by atoms with van der Waals surface area (Å²) in [6.45, 7) is 0. The predicted octanol–water partition coefficient (Wildman–Crippen LogP) is 5.23. The molecule has 5 rings (SSSR count). The van der Waals surface area contributed by atoms with E-state index < -0.39 is 12.1 Å². The third kappa shape index (κ3) is 3.79. The minimum absolute atomic E-state index is 0.234. The molecule has 7 heteroatoms. The molecule has 0 radical (unpaired) electrons. The standard InChI is InChI=1S/C25H19Cl2N3O2/c26-16-9-11-17(12-10-16)30-14-22(28-24(30)19-7-3-4-8-20(19)27)25(32)29-21-13-15-5-1-2-6-18(15)23(21)31/h1-12,14,21,23,31H,13H2,(H,29,32)/t21-,23-/m1/s1. The van der Waals surface area contributed by atoms with Crippen molar-refractivity contribution in [3.05, 3.63) is 106 Å². The first-order valence-electron chi connectivity index (χ1n) is 10.2. The first-order chi connectivity index (χ1) is 15.5. The van der Waals surface area contributed by atoms with Gasteiger partial charge in [-0.3, -0.25) is 9.36 Å². The summed E-state index contributed by atoms with van der Waals surface area (Å²) in [5.41, 5.74) is 3.62. The fourth-order valence-corrected chi connectivity index (χ4v) is 4.41. The molecule has 0 fully saturated rings. The Morgan fingerprint density at radius 3 is 2.47 bits per heavy atom. The Labute approximate surface area is 195 Å². The summed E-state index contributed by atoms with van der Waals surface area (Å²) >= 11 is 12.5. The molecule has 2 atom stereocenters. The van der Waals surface area contributed by atoms with E-state index in [1.54, 1.807) is 24.4 Å². The highest BCUT2D eigenvalue weighted by molar-refractivity contribution is 6.33. The molecule has 32 heavy (non-hydrogen) atoms. The SMILES string of the molecule is O=C(N[C@@H]1Cc2ccccc2[C@H]1O)c1cn(-c2ccc(Cl)cc2)c(-c2ccccc2Cl)n1. The van der Waals surface area contributed by atoms with E-state index >= 15 is 0 Å². The van der Waals surface area contributed by atoms with Crippen LogP contribution in [-0.4, -0.2) is 26.6 Å². The van der Waals surface area contributed by atoms with E-state index in [-0.39, 0.29) is 11.6 Å². The zero-order valence-electron chi connectivity index (χ0n) is 16.9. The van der Waals surface area contributed by atoms with Gasteiger partial charge in [0.1, 0.15) is 11.5 Å². The summed E-state index contributed by atoms with van der Waals surface area (Å²) in [5.74, 6) is 0.182. The maximum Gasteiger partial charge on any atom is 0.271 e. The van der Waals surface area contributed by atoms with Gasteiger partial charge in [0, 0.05) is 22.5 Å². The molecule has 5 nitrogen and oxygen atoms in total. The number of nitrogens with one attached hydrogen (secondary N) is 1. The normalized spacial score (nSPS) is 17.2. The van der Waals surface area contributed by atoms with Crippen molar-refractivity contribution >= 4 is 29.1 Å². The van der Waals surface area contributed by atoms with E-state index in [1.165, 1.54) is 0 Å². The van der Waals surface area contributed by atoms with E-state index in [0.717, 1.165) is 16.8 Å². The molecule has 3 aromatic carbocycles. The van der Waals surface area contributed by atoms with E-state index in [0.29, 0.717) is 27.9 Å². The minimum atomic E-state index is -0.753. The van der Waals surface area contributed by atoms with E-state index in [4.69, 9.17) is 23.2 Å². The van der Waals surface area contributed by atoms with Gasteiger partial charge in [-0.2, -0.15) is 0 Å². The van der Waals surface area contributed by atoms with Gasteiger partial charge in [0.15, 0.2) is 0 Å². The van der Waals surface area contributed by atoms with Crippen molar-refractivity contribution in [3.8, 4) is 17.1 Å². The van der Waals surface area contributed by atoms with Crippen LogP contribution in [0.3, 0.4) is 0 Å². The van der Waals surface area contributed by atoms with Crippen molar-refractivity contribution in [2.24, 2.45) is 0 Å². The predicted molar refractivity (Wildman–Crippen MR) is 125 cm³/mol. The lowest BCUT2D eigenvalue weighted by Crippen LogP contribution is -2.38. The number of nitrogens with zero attached hydrogens (tertiary/aromatic N) is 2. The highest BCUT2D eigenvalue weighted by Crippen LogP contribution is 2.32. The Morgan fingerprint density at radius 1 is 1.00 bits per heavy atom. The van der Waals surface area contributed by atoms with Crippen LogP contribution in [0.25, 0.3) is 17.1 Å². The number of benzene rings is 3. The first kappa shape index (κ1) is 20.8. The largest absolute Gasteiger partial charge is 0.386 e. The van der Waals surface area contributed by atoms with Crippen molar-refractivity contribution in [2.45, 2.75) is 18.6 Å². The van der Waals surface area contributed by atoms with Crippen molar-refractivity contribution in [1.82, 2.24) is 14.9 Å². The van der Waals surface area contributed by atoms with Crippen LogP contribution >= 0.6 is 23.2 Å². The quantitative estimate of drug-likeness (QED) is 0.435. The topological polar surface area (TPSA) is 67.2 Å². The number of rotatable bonds is 4. The van der Waals surface area contributed by atoms with Gasteiger partial charge in [-0.25, -0.2) is 4.98 Å². The molecule has 1 aliphatic rings. The second-order valence-corrected chi connectivity index (χ2v) is 8.55. The number of hydrogen-bond donors (Lipinski definition) is 2. The molecule has 1 aromatic heterocycles. The van der Waals surface area contributed by atoms with Gasteiger partial charge in [0.2, 0.25) is 0 Å². The lowest BCUT2D eigenvalue weighted by molar-refractivity contribution is 0.0854. The van der Waals surface area contributed by atoms with Gasteiger partial charge in [-0.15, -0.1) is 0 Å². The highest BCUT2D eigenvalue weighted by atomic mass is 35.5. The summed E-state index contributed by atoms with van der Waals surface area (Å²) in [6.07, 6.45) is 1.49. The molecule has 1 aliphatic carbocycles. The number of halogens is 2. The van der Waals surface area contributed by atoms with E-state index in [9.17, 15) is 9.90 Å². The Kier molecular flexibility index (Phi) is 5.47. The summed E-state index contributed by atoms with van der Waals surface area (Å²) < 4.78 is 1.81. The molecular weight excluding hydrogens is 445 g/mol. The molecule has 0 saturated carbocycles. The number of carbonyl (C=O) groups excluding carboxylic acids is 1. The Hall–Kier alpha value is -3.12. The number of imidazole rings is 1. The van der Waals surface area contributed by atoms with Gasteiger partial charge in [-0.05, 0) is 53.9 Å². The van der Waals surface area contributed by atoms with Crippen LogP contribution in [0.1, 0.15) is 27.7 Å². The van der Waals surface area contributed by atoms with Crippen molar-refractivity contribution in [3.63, 3.8) is 0 Å². The van der Waals surface area contributed by atoms with E-state index in [2.05, 4.69) is 10.3 Å². The number of hydrogen-bond acceptors (Lipinski definition) is 3. The van der Waals surface area contributed by atoms with Gasteiger partial charge in [0.05, 0.1) is 17.2 Å². The van der Waals surface area contributed by atoms with Crippen molar-refractivity contribution in [2.75, 3.05) is 0 Å². The number of fused-ring (bicyclic) bond motifs is 1. The molecule has 2 N–H and O–H groups in total. The number of amides is 1. The Balaban J connectivity index is 1.49. The second kappa shape index (κ2) is 8.43. The smallest absolute Gasteiger partial charge is 0.271 e. The number of aliphatic hydroxyl groups is 1. The fraction of sp³-hybridized carbons (Fsp3) is 0.120. The zero-order valence-corrected chi connectivity index (χ0v) is 18.4. The molecule has 0 bridgehead atoms. The first-order valence-corrected chi connectivity index (χ1v) is 10.9. The third-order valence-electron chi connectivity index (χ3n) is 5.67. The van der Waals surface area contributed by atoms with Crippen LogP contribution < -0.4 is 5.32 Å². The van der Waals surface area contributed by atoms with Crippen molar-refractivity contribution < 1.29 is 9.90 Å². The fourth-order valence-electron chi connectivity index (χ4n) is 4.07. The average molecular weight is 464 g/mol. The number of aromatic nitrogens is 2. The maximum absolute atomic E-state index is 13.1. The van der Waals surface area contributed by atoms with E-state index in [1.807, 2.05) is 59.2 Å². The summed E-state index contributed by atoms with van der Waals surface area (Å²) in [4.78, 5) is 17.7. The third-order valence-corrected chi connectivity index (χ3v) is 6.25. The van der Waals surface area contributed by atoms with Crippen LogP contribution in [-0.2, 0) is 6.42 Å². The van der Waals surface area contributed by atoms with Crippen LogP contribution in [0.4, 0.5) is 0 Å². The molecule has 0 unspecified atom stereocenters. The average Bonchev–Trinajstić information content (AvgIpc) is 3.37. The lowest BCUT2D eigenvalue weighted by atomic mass is 10.1. The monoisotopic (exact) mass is 463 g/mol. The number of aliphatic hydroxyl groups excluding tert-OH is 1. The van der Waals surface area contributed by atoms with Crippen LogP contribution in [0.15, 0.2) is 79.0 Å². The Bertz CT molecular complexity index is 1300. The van der Waals surface area contributed by atoms with Crippen LogP contribution in [0, 0.1) is 0 Å². The Morgan fingerprint density at radius 2 is 1.72 bits per heavy atom. The van der Waals surface area contributed by atoms with Gasteiger partial charge < -0.3 is 10.4 Å². The molecule has 160 valence electrons.